The first-order valence-electron chi connectivity index (χ1n) is 11.1. The summed E-state index contributed by atoms with van der Waals surface area (Å²) in [5, 5.41) is 4.16. The zero-order chi connectivity index (χ0) is 22.5. The van der Waals surface area contributed by atoms with Crippen LogP contribution in [-0.2, 0) is 17.8 Å². The number of rotatable bonds is 4. The number of hydrogen-bond acceptors (Lipinski definition) is 3. The van der Waals surface area contributed by atoms with E-state index < -0.39 is 6.04 Å². The van der Waals surface area contributed by atoms with Gasteiger partial charge in [-0.25, -0.2) is 0 Å². The van der Waals surface area contributed by atoms with E-state index in [0.29, 0.717) is 18.5 Å². The molecule has 2 unspecified atom stereocenters. The lowest BCUT2D eigenvalue weighted by atomic mass is 9.90. The van der Waals surface area contributed by atoms with Gasteiger partial charge in [-0.05, 0) is 41.0 Å². The highest BCUT2D eigenvalue weighted by Crippen LogP contribution is 2.46. The highest BCUT2D eigenvalue weighted by molar-refractivity contribution is 6.03. The Morgan fingerprint density at radius 2 is 1.91 bits per heavy atom. The smallest absolute Gasteiger partial charge is 0.255 e. The fourth-order valence-corrected chi connectivity index (χ4v) is 5.23. The van der Waals surface area contributed by atoms with Crippen LogP contribution in [0.4, 0.5) is 0 Å². The van der Waals surface area contributed by atoms with E-state index in [-0.39, 0.29) is 17.9 Å². The number of carbonyl (C=O) groups excluding carboxylic acids is 2. The van der Waals surface area contributed by atoms with Crippen LogP contribution in [0.5, 0.6) is 5.75 Å². The predicted octanol–water partition coefficient (Wildman–Crippen LogP) is 3.96. The van der Waals surface area contributed by atoms with Crippen LogP contribution in [0, 0.1) is 0 Å². The van der Waals surface area contributed by atoms with E-state index in [9.17, 15) is 9.59 Å². The lowest BCUT2D eigenvalue weighted by Crippen LogP contribution is -2.52. The molecule has 33 heavy (non-hydrogen) atoms. The molecule has 4 aromatic rings. The van der Waals surface area contributed by atoms with Gasteiger partial charge in [0, 0.05) is 35.1 Å². The minimum absolute atomic E-state index is 0.0959. The second kappa shape index (κ2) is 7.52. The minimum Gasteiger partial charge on any atom is -0.497 e. The molecule has 0 saturated heterocycles. The zero-order valence-electron chi connectivity index (χ0n) is 18.2. The van der Waals surface area contributed by atoms with Crippen LogP contribution in [0.1, 0.15) is 38.8 Å². The Balaban J connectivity index is 1.39. The maximum atomic E-state index is 13.5. The predicted molar refractivity (Wildman–Crippen MR) is 125 cm³/mol. The number of aromatic amines is 1. The maximum Gasteiger partial charge on any atom is 0.255 e. The Morgan fingerprint density at radius 3 is 2.79 bits per heavy atom. The molecular formula is C27H23N3O3. The number of fused-ring (bicyclic) bond motifs is 7. The van der Waals surface area contributed by atoms with Crippen LogP contribution < -0.4 is 10.1 Å². The minimum atomic E-state index is -0.591. The van der Waals surface area contributed by atoms with E-state index in [4.69, 9.17) is 4.74 Å². The van der Waals surface area contributed by atoms with Gasteiger partial charge in [-0.2, -0.15) is 0 Å². The van der Waals surface area contributed by atoms with Crippen LogP contribution in [-0.4, -0.2) is 34.8 Å². The van der Waals surface area contributed by atoms with Gasteiger partial charge in [-0.3, -0.25) is 9.59 Å². The Hall–Kier alpha value is -4.06. The fourth-order valence-electron chi connectivity index (χ4n) is 5.23. The van der Waals surface area contributed by atoms with Crippen LogP contribution >= 0.6 is 0 Å². The number of H-pyrrole nitrogens is 1. The molecule has 0 saturated carbocycles. The summed E-state index contributed by atoms with van der Waals surface area (Å²) in [5.41, 5.74) is 5.69. The van der Waals surface area contributed by atoms with Gasteiger partial charge in [0.15, 0.2) is 0 Å². The number of nitrogens with zero attached hydrogens (tertiary/aromatic N) is 1. The Kier molecular flexibility index (Phi) is 4.47. The van der Waals surface area contributed by atoms with E-state index in [1.54, 1.807) is 12.0 Å². The monoisotopic (exact) mass is 437 g/mol. The second-order valence-electron chi connectivity index (χ2n) is 8.55. The molecule has 2 aliphatic rings. The molecule has 164 valence electrons. The fraction of sp³-hybridized carbons (Fsp3) is 0.185. The van der Waals surface area contributed by atoms with Gasteiger partial charge in [0.1, 0.15) is 11.8 Å². The molecule has 1 aromatic heterocycles. The topological polar surface area (TPSA) is 74.4 Å². The van der Waals surface area contributed by atoms with E-state index in [1.165, 1.54) is 0 Å². The zero-order valence-corrected chi connectivity index (χ0v) is 18.2. The molecule has 3 heterocycles. The summed E-state index contributed by atoms with van der Waals surface area (Å²) in [6.45, 7) is 0.368. The van der Waals surface area contributed by atoms with E-state index in [1.807, 2.05) is 66.7 Å². The summed E-state index contributed by atoms with van der Waals surface area (Å²) in [7, 11) is 1.62. The standard InChI is InChI=1S/C27H23N3O3/c1-33-17-8-6-7-16(13-17)15-28-26(31)23-14-21-18-9-4-5-12-22(18)29-24(21)25-19-10-2-3-11-20(19)27(32)30(23)25/h2-13,23,25,29H,14-15H2,1H3,(H,28,31). The molecule has 0 radical (unpaired) electrons. The van der Waals surface area contributed by atoms with Crippen LogP contribution in [0.25, 0.3) is 10.9 Å². The summed E-state index contributed by atoms with van der Waals surface area (Å²) in [4.78, 5) is 32.2. The molecule has 3 aromatic carbocycles. The number of benzene rings is 3. The van der Waals surface area contributed by atoms with Crippen LogP contribution in [0.15, 0.2) is 72.8 Å². The number of nitrogens with one attached hydrogen (secondary N) is 2. The quantitative estimate of drug-likeness (QED) is 0.508. The number of amides is 2. The van der Waals surface area contributed by atoms with Crippen molar-refractivity contribution in [2.24, 2.45) is 0 Å². The lowest BCUT2D eigenvalue weighted by molar-refractivity contribution is -0.126. The molecule has 6 heteroatoms. The summed E-state index contributed by atoms with van der Waals surface area (Å²) in [5.74, 6) is 0.495. The van der Waals surface area contributed by atoms with Crippen LogP contribution in [0.3, 0.4) is 0 Å². The van der Waals surface area contributed by atoms with Gasteiger partial charge in [0.25, 0.3) is 5.91 Å². The van der Waals surface area contributed by atoms with E-state index in [2.05, 4.69) is 16.4 Å². The molecule has 2 amide bonds. The van der Waals surface area contributed by atoms with Gasteiger partial charge < -0.3 is 19.9 Å². The molecule has 2 aliphatic heterocycles. The molecule has 0 bridgehead atoms. The number of methoxy groups -OCH3 is 1. The number of ether oxygens (including phenoxy) is 1. The van der Waals surface area contributed by atoms with Gasteiger partial charge in [-0.1, -0.05) is 48.5 Å². The van der Waals surface area contributed by atoms with Crippen molar-refractivity contribution in [1.29, 1.82) is 0 Å². The number of carbonyl (C=O) groups is 2. The van der Waals surface area contributed by atoms with Gasteiger partial charge in [-0.15, -0.1) is 0 Å². The number of hydrogen-bond donors (Lipinski definition) is 2. The van der Waals surface area contributed by atoms with Crippen molar-refractivity contribution in [1.82, 2.24) is 15.2 Å². The average molecular weight is 437 g/mol. The van der Waals surface area contributed by atoms with E-state index >= 15 is 0 Å². The van der Waals surface area contributed by atoms with E-state index in [0.717, 1.165) is 39.0 Å². The van der Waals surface area contributed by atoms with Crippen molar-refractivity contribution in [3.63, 3.8) is 0 Å². The third-order valence-electron chi connectivity index (χ3n) is 6.76. The van der Waals surface area contributed by atoms with Crippen LogP contribution in [0.2, 0.25) is 0 Å². The first kappa shape index (κ1) is 19.6. The second-order valence-corrected chi connectivity index (χ2v) is 8.55. The number of para-hydroxylation sites is 1. The molecule has 6 rings (SSSR count). The summed E-state index contributed by atoms with van der Waals surface area (Å²) in [6, 6.07) is 22.5. The lowest BCUT2D eigenvalue weighted by Gasteiger charge is -2.37. The first-order chi connectivity index (χ1) is 16.2. The molecule has 2 N–H and O–H groups in total. The van der Waals surface area contributed by atoms with Crippen molar-refractivity contribution >= 4 is 22.7 Å². The highest BCUT2D eigenvalue weighted by atomic mass is 16.5. The molecule has 0 fully saturated rings. The average Bonchev–Trinajstić information content (AvgIpc) is 3.38. The van der Waals surface area contributed by atoms with Gasteiger partial charge in [0.2, 0.25) is 5.91 Å². The maximum absolute atomic E-state index is 13.5. The molecular weight excluding hydrogens is 414 g/mol. The molecule has 0 aliphatic carbocycles. The first-order valence-corrected chi connectivity index (χ1v) is 11.1. The largest absolute Gasteiger partial charge is 0.497 e. The van der Waals surface area contributed by atoms with Crippen molar-refractivity contribution in [3.8, 4) is 5.75 Å². The molecule has 6 nitrogen and oxygen atoms in total. The summed E-state index contributed by atoms with van der Waals surface area (Å²) in [6.07, 6.45) is 0.472. The Bertz CT molecular complexity index is 1410. The summed E-state index contributed by atoms with van der Waals surface area (Å²) < 4.78 is 5.29. The SMILES string of the molecule is COc1cccc(CNC(=O)C2Cc3c([nH]c4ccccc34)C3c4ccccc4C(=O)N23)c1. The number of aromatic nitrogens is 1. The van der Waals surface area contributed by atoms with Crippen molar-refractivity contribution in [2.75, 3.05) is 7.11 Å². The molecule has 0 spiro atoms. The Morgan fingerprint density at radius 1 is 1.09 bits per heavy atom. The normalized spacial score (nSPS) is 18.6. The third-order valence-corrected chi connectivity index (χ3v) is 6.76. The van der Waals surface area contributed by atoms with Gasteiger partial charge >= 0.3 is 0 Å². The highest BCUT2D eigenvalue weighted by Gasteiger charge is 2.48. The third kappa shape index (κ3) is 3.02. The van der Waals surface area contributed by atoms with Crippen molar-refractivity contribution in [3.05, 3.63) is 101 Å². The summed E-state index contributed by atoms with van der Waals surface area (Å²) >= 11 is 0. The van der Waals surface area contributed by atoms with Crippen molar-refractivity contribution < 1.29 is 14.3 Å². The van der Waals surface area contributed by atoms with Crippen molar-refractivity contribution in [2.45, 2.75) is 25.0 Å². The van der Waals surface area contributed by atoms with Gasteiger partial charge in [0.05, 0.1) is 13.2 Å². The molecule has 2 atom stereocenters. The Labute approximate surface area is 191 Å².